The van der Waals surface area contributed by atoms with Crippen molar-refractivity contribution in [3.8, 4) is 0 Å². The van der Waals surface area contributed by atoms with Gasteiger partial charge in [-0.2, -0.15) is 5.10 Å². The predicted octanol–water partition coefficient (Wildman–Crippen LogP) is 3.55. The van der Waals surface area contributed by atoms with Crippen LogP contribution in [0.25, 0.3) is 0 Å². The third-order valence-electron chi connectivity index (χ3n) is 4.62. The molecule has 2 aromatic heterocycles. The molecule has 6 nitrogen and oxygen atoms in total. The molecule has 0 atom stereocenters. The van der Waals surface area contributed by atoms with Gasteiger partial charge in [0.2, 0.25) is 0 Å². The molecule has 1 N–H and O–H groups in total. The van der Waals surface area contributed by atoms with Gasteiger partial charge in [-0.25, -0.2) is 0 Å². The number of aryl methyl sites for hydroxylation is 2. The number of thiophene rings is 1. The van der Waals surface area contributed by atoms with Crippen molar-refractivity contribution in [2.75, 3.05) is 11.9 Å². The van der Waals surface area contributed by atoms with E-state index < -0.39 is 0 Å². The van der Waals surface area contributed by atoms with Gasteiger partial charge < -0.3 is 10.2 Å². The van der Waals surface area contributed by atoms with Gasteiger partial charge in [0, 0.05) is 18.8 Å². The number of rotatable bonds is 3. The van der Waals surface area contributed by atoms with Crippen LogP contribution in [-0.4, -0.2) is 33.0 Å². The molecule has 1 aromatic carbocycles. The summed E-state index contributed by atoms with van der Waals surface area (Å²) in [5, 5.41) is 9.24. The van der Waals surface area contributed by atoms with Gasteiger partial charge in [-0.05, 0) is 48.6 Å². The van der Waals surface area contributed by atoms with E-state index in [2.05, 4.69) is 10.4 Å². The van der Waals surface area contributed by atoms with Crippen LogP contribution in [0.3, 0.4) is 0 Å². The lowest BCUT2D eigenvalue weighted by molar-refractivity contribution is 0.0750. The first kappa shape index (κ1) is 17.5. The van der Waals surface area contributed by atoms with Crippen molar-refractivity contribution in [3.05, 3.63) is 69.7 Å². The summed E-state index contributed by atoms with van der Waals surface area (Å²) in [6, 6.07) is 13.1. The van der Waals surface area contributed by atoms with Crippen LogP contribution in [0.4, 0.5) is 5.69 Å². The van der Waals surface area contributed by atoms with E-state index in [4.69, 9.17) is 0 Å². The highest BCUT2D eigenvalue weighted by Crippen LogP contribution is 2.22. The average molecular weight is 380 g/mol. The molecule has 1 aliphatic heterocycles. The zero-order valence-corrected chi connectivity index (χ0v) is 15.8. The van der Waals surface area contributed by atoms with Gasteiger partial charge in [-0.1, -0.05) is 18.2 Å². The summed E-state index contributed by atoms with van der Waals surface area (Å²) in [6.45, 7) is 3.80. The molecule has 0 saturated heterocycles. The number of nitrogens with one attached hydrogen (secondary N) is 1. The minimum absolute atomic E-state index is 0.0486. The standard InChI is InChI=1S/C20H20N4O2S/c1-14-8-11-27-18(14)20(26)23-9-5-10-24-16(13-23)12-17(22-24)19(25)21-15-6-3-2-4-7-15/h2-4,6-8,11-12H,5,9-10,13H2,1H3,(H,21,25). The van der Waals surface area contributed by atoms with Gasteiger partial charge in [0.15, 0.2) is 5.69 Å². The number of carbonyl (C=O) groups is 2. The highest BCUT2D eigenvalue weighted by Gasteiger charge is 2.24. The second-order valence-corrected chi connectivity index (χ2v) is 7.49. The summed E-state index contributed by atoms with van der Waals surface area (Å²) in [7, 11) is 0. The van der Waals surface area contributed by atoms with E-state index in [1.807, 2.05) is 58.3 Å². The number of hydrogen-bond acceptors (Lipinski definition) is 4. The van der Waals surface area contributed by atoms with Crippen LogP contribution in [0.5, 0.6) is 0 Å². The number of aromatic nitrogens is 2. The van der Waals surface area contributed by atoms with Gasteiger partial charge in [0.25, 0.3) is 11.8 Å². The Labute approximate surface area is 161 Å². The van der Waals surface area contributed by atoms with Crippen LogP contribution >= 0.6 is 11.3 Å². The van der Waals surface area contributed by atoms with Crippen molar-refractivity contribution in [3.63, 3.8) is 0 Å². The first-order valence-electron chi connectivity index (χ1n) is 8.88. The molecule has 4 rings (SSSR count). The van der Waals surface area contributed by atoms with E-state index in [0.29, 0.717) is 25.3 Å². The maximum Gasteiger partial charge on any atom is 0.276 e. The Kier molecular flexibility index (Phi) is 4.77. The minimum Gasteiger partial charge on any atom is -0.332 e. The number of hydrogen-bond donors (Lipinski definition) is 1. The van der Waals surface area contributed by atoms with Crippen molar-refractivity contribution >= 4 is 28.8 Å². The summed E-state index contributed by atoms with van der Waals surface area (Å²) in [5.41, 5.74) is 2.99. The Hall–Kier alpha value is -2.93. The molecule has 0 spiro atoms. The van der Waals surface area contributed by atoms with E-state index >= 15 is 0 Å². The molecule has 7 heteroatoms. The first-order valence-corrected chi connectivity index (χ1v) is 9.76. The van der Waals surface area contributed by atoms with Crippen molar-refractivity contribution in [2.24, 2.45) is 0 Å². The largest absolute Gasteiger partial charge is 0.332 e. The van der Waals surface area contributed by atoms with Gasteiger partial charge >= 0.3 is 0 Å². The van der Waals surface area contributed by atoms with E-state index in [1.54, 1.807) is 6.07 Å². The molecule has 0 saturated carbocycles. The monoisotopic (exact) mass is 380 g/mol. The maximum atomic E-state index is 12.9. The van der Waals surface area contributed by atoms with Crippen LogP contribution < -0.4 is 5.32 Å². The Morgan fingerprint density at radius 3 is 2.70 bits per heavy atom. The molecule has 0 aliphatic carbocycles. The molecule has 3 heterocycles. The zero-order chi connectivity index (χ0) is 18.8. The molecular weight excluding hydrogens is 360 g/mol. The van der Waals surface area contributed by atoms with Crippen LogP contribution in [0, 0.1) is 6.92 Å². The lowest BCUT2D eigenvalue weighted by Gasteiger charge is -2.19. The highest BCUT2D eigenvalue weighted by molar-refractivity contribution is 7.12. The number of fused-ring (bicyclic) bond motifs is 1. The Morgan fingerprint density at radius 1 is 1.15 bits per heavy atom. The van der Waals surface area contributed by atoms with E-state index in [0.717, 1.165) is 28.2 Å². The topological polar surface area (TPSA) is 67.2 Å². The Morgan fingerprint density at radius 2 is 1.96 bits per heavy atom. The maximum absolute atomic E-state index is 12.9. The summed E-state index contributed by atoms with van der Waals surface area (Å²) >= 11 is 1.47. The lowest BCUT2D eigenvalue weighted by Crippen LogP contribution is -2.30. The number of amides is 2. The van der Waals surface area contributed by atoms with Crippen LogP contribution in [0.15, 0.2) is 47.8 Å². The summed E-state index contributed by atoms with van der Waals surface area (Å²) in [5.74, 6) is -0.193. The SMILES string of the molecule is Cc1ccsc1C(=O)N1CCCn2nc(C(=O)Nc3ccccc3)cc2C1. The van der Waals surface area contributed by atoms with Gasteiger partial charge in [0.1, 0.15) is 0 Å². The normalized spacial score (nSPS) is 13.7. The van der Waals surface area contributed by atoms with Gasteiger partial charge in [0.05, 0.1) is 17.1 Å². The number of para-hydroxylation sites is 1. The zero-order valence-electron chi connectivity index (χ0n) is 15.0. The van der Waals surface area contributed by atoms with Crippen molar-refractivity contribution < 1.29 is 9.59 Å². The molecule has 0 fully saturated rings. The predicted molar refractivity (Wildman–Crippen MR) is 105 cm³/mol. The summed E-state index contributed by atoms with van der Waals surface area (Å²) < 4.78 is 1.84. The van der Waals surface area contributed by atoms with Gasteiger partial charge in [-0.3, -0.25) is 14.3 Å². The molecule has 1 aliphatic rings. The van der Waals surface area contributed by atoms with Crippen LogP contribution in [-0.2, 0) is 13.1 Å². The fraction of sp³-hybridized carbons (Fsp3) is 0.250. The number of nitrogens with zero attached hydrogens (tertiary/aromatic N) is 3. The minimum atomic E-state index is -0.242. The quantitative estimate of drug-likeness (QED) is 0.756. The van der Waals surface area contributed by atoms with Crippen LogP contribution in [0.2, 0.25) is 0 Å². The third-order valence-corrected chi connectivity index (χ3v) is 5.63. The molecule has 0 unspecified atom stereocenters. The second-order valence-electron chi connectivity index (χ2n) is 6.58. The van der Waals surface area contributed by atoms with Crippen molar-refractivity contribution in [2.45, 2.75) is 26.4 Å². The van der Waals surface area contributed by atoms with Crippen LogP contribution in [0.1, 0.15) is 37.8 Å². The first-order chi connectivity index (χ1) is 13.1. The smallest absolute Gasteiger partial charge is 0.276 e. The highest BCUT2D eigenvalue weighted by atomic mass is 32.1. The van der Waals surface area contributed by atoms with Crippen molar-refractivity contribution in [1.29, 1.82) is 0 Å². The average Bonchev–Trinajstić information content (AvgIpc) is 3.22. The Balaban J connectivity index is 1.52. The fourth-order valence-electron chi connectivity index (χ4n) is 3.20. The molecule has 3 aromatic rings. The second kappa shape index (κ2) is 7.36. The summed E-state index contributed by atoms with van der Waals surface area (Å²) in [4.78, 5) is 28.0. The molecule has 27 heavy (non-hydrogen) atoms. The molecule has 0 radical (unpaired) electrons. The molecule has 2 amide bonds. The lowest BCUT2D eigenvalue weighted by atomic mass is 10.2. The van der Waals surface area contributed by atoms with E-state index in [-0.39, 0.29) is 11.8 Å². The Bertz CT molecular complexity index is 977. The number of carbonyl (C=O) groups excluding carboxylic acids is 2. The van der Waals surface area contributed by atoms with E-state index in [1.165, 1.54) is 11.3 Å². The summed E-state index contributed by atoms with van der Waals surface area (Å²) in [6.07, 6.45) is 0.810. The third kappa shape index (κ3) is 3.64. The number of anilines is 1. The van der Waals surface area contributed by atoms with Crippen molar-refractivity contribution in [1.82, 2.24) is 14.7 Å². The fourth-order valence-corrected chi connectivity index (χ4v) is 4.09. The van der Waals surface area contributed by atoms with Gasteiger partial charge in [-0.15, -0.1) is 11.3 Å². The van der Waals surface area contributed by atoms with E-state index in [9.17, 15) is 9.59 Å². The number of benzene rings is 1. The molecule has 138 valence electrons. The molecule has 0 bridgehead atoms. The molecular formula is C20H20N4O2S.